The lowest BCUT2D eigenvalue weighted by atomic mass is 9.81. The van der Waals surface area contributed by atoms with E-state index in [-0.39, 0.29) is 11.5 Å². The summed E-state index contributed by atoms with van der Waals surface area (Å²) in [6, 6.07) is 8.25. The molecule has 0 saturated heterocycles. The quantitative estimate of drug-likeness (QED) is 0.840. The van der Waals surface area contributed by atoms with Gasteiger partial charge in [-0.3, -0.25) is 4.79 Å². The first-order valence-electron chi connectivity index (χ1n) is 10.1. The predicted octanol–water partition coefficient (Wildman–Crippen LogP) is 3.78. The van der Waals surface area contributed by atoms with Gasteiger partial charge < -0.3 is 15.0 Å². The van der Waals surface area contributed by atoms with Gasteiger partial charge in [0.05, 0.1) is 12.1 Å². The molecule has 2 aliphatic carbocycles. The highest BCUT2D eigenvalue weighted by molar-refractivity contribution is 5.97. The Bertz CT molecular complexity index is 676. The number of ether oxygens (including phenoxy) is 1. The molecule has 1 fully saturated rings. The molecular formula is C22H30N2O2. The molecule has 4 nitrogen and oxygen atoms in total. The Kier molecular flexibility index (Phi) is 5.03. The molecule has 0 aromatic heterocycles. The number of nitrogens with one attached hydrogen (secondary N) is 1. The van der Waals surface area contributed by atoms with E-state index in [4.69, 9.17) is 4.74 Å². The number of amides is 1. The maximum atomic E-state index is 12.3. The largest absolute Gasteiger partial charge is 0.485 e. The van der Waals surface area contributed by atoms with E-state index in [1.54, 1.807) is 0 Å². The van der Waals surface area contributed by atoms with Crippen LogP contribution in [-0.2, 0) is 0 Å². The van der Waals surface area contributed by atoms with E-state index < -0.39 is 0 Å². The third-order valence-corrected chi connectivity index (χ3v) is 6.44. The van der Waals surface area contributed by atoms with Crippen LogP contribution in [0.5, 0.6) is 5.75 Å². The van der Waals surface area contributed by atoms with Gasteiger partial charge in [-0.15, -0.1) is 0 Å². The van der Waals surface area contributed by atoms with E-state index in [2.05, 4.69) is 29.4 Å². The van der Waals surface area contributed by atoms with Crippen molar-refractivity contribution in [1.82, 2.24) is 10.2 Å². The number of fused-ring (bicyclic) bond motifs is 1. The molecule has 1 spiro atoms. The Morgan fingerprint density at radius 2 is 2.00 bits per heavy atom. The van der Waals surface area contributed by atoms with Crippen molar-refractivity contribution in [2.75, 3.05) is 20.1 Å². The van der Waals surface area contributed by atoms with Gasteiger partial charge in [0.1, 0.15) is 11.4 Å². The number of para-hydroxylation sites is 1. The molecule has 1 atom stereocenters. The van der Waals surface area contributed by atoms with Crippen molar-refractivity contribution >= 4 is 5.91 Å². The Hall–Kier alpha value is -1.81. The average molecular weight is 354 g/mol. The molecule has 1 heterocycles. The van der Waals surface area contributed by atoms with Crippen LogP contribution >= 0.6 is 0 Å². The Balaban J connectivity index is 1.38. The summed E-state index contributed by atoms with van der Waals surface area (Å²) in [5.41, 5.74) is 0.418. The highest BCUT2D eigenvalue weighted by Gasteiger charge is 2.41. The summed E-state index contributed by atoms with van der Waals surface area (Å²) >= 11 is 0. The predicted molar refractivity (Wildman–Crippen MR) is 104 cm³/mol. The van der Waals surface area contributed by atoms with Crippen molar-refractivity contribution < 1.29 is 9.53 Å². The van der Waals surface area contributed by atoms with Crippen LogP contribution in [0.1, 0.15) is 55.3 Å². The maximum Gasteiger partial charge on any atom is 0.255 e. The van der Waals surface area contributed by atoms with Crippen molar-refractivity contribution in [2.45, 2.75) is 56.6 Å². The molecule has 1 aliphatic heterocycles. The maximum absolute atomic E-state index is 12.3. The first-order valence-corrected chi connectivity index (χ1v) is 10.1. The van der Waals surface area contributed by atoms with Crippen LogP contribution in [-0.4, -0.2) is 42.6 Å². The van der Waals surface area contributed by atoms with Gasteiger partial charge in [0.25, 0.3) is 5.91 Å². The lowest BCUT2D eigenvalue weighted by molar-refractivity contribution is 0.00766. The van der Waals surface area contributed by atoms with E-state index in [1.807, 2.05) is 24.3 Å². The fourth-order valence-corrected chi connectivity index (χ4v) is 4.78. The van der Waals surface area contributed by atoms with Crippen LogP contribution in [0.15, 0.2) is 36.4 Å². The van der Waals surface area contributed by atoms with Crippen LogP contribution in [0.25, 0.3) is 0 Å². The standard InChI is InChI=1S/C22H30N2O2/c1-24(15-17-7-3-2-4-8-17)18-11-13-22(14-12-18)16-23-21(25)19-9-5-6-10-20(19)26-22/h2-3,5-6,9-10,17-18H,4,7-8,11-16H2,1H3,(H,23,25). The molecule has 1 amide bonds. The van der Waals surface area contributed by atoms with Gasteiger partial charge >= 0.3 is 0 Å². The summed E-state index contributed by atoms with van der Waals surface area (Å²) in [6.07, 6.45) is 12.7. The minimum absolute atomic E-state index is 0.0120. The number of rotatable bonds is 3. The third kappa shape index (κ3) is 3.66. The number of carbonyl (C=O) groups excluding carboxylic acids is 1. The number of hydrogen-bond donors (Lipinski definition) is 1. The summed E-state index contributed by atoms with van der Waals surface area (Å²) in [7, 11) is 2.28. The minimum Gasteiger partial charge on any atom is -0.485 e. The molecule has 3 aliphatic rings. The van der Waals surface area contributed by atoms with Crippen molar-refractivity contribution in [3.8, 4) is 5.75 Å². The molecule has 4 heteroatoms. The summed E-state index contributed by atoms with van der Waals surface area (Å²) in [5.74, 6) is 1.53. The lowest BCUT2D eigenvalue weighted by Crippen LogP contribution is -2.51. The van der Waals surface area contributed by atoms with Gasteiger partial charge in [0.2, 0.25) is 0 Å². The van der Waals surface area contributed by atoms with Gasteiger partial charge in [-0.05, 0) is 70.0 Å². The van der Waals surface area contributed by atoms with Crippen LogP contribution in [0, 0.1) is 5.92 Å². The molecule has 4 rings (SSSR count). The second-order valence-corrected chi connectivity index (χ2v) is 8.29. The average Bonchev–Trinajstić information content (AvgIpc) is 2.80. The lowest BCUT2D eigenvalue weighted by Gasteiger charge is -2.42. The SMILES string of the molecule is CN(CC1CC=CCC1)C1CCC2(CC1)CNC(=O)c1ccccc1O2. The molecule has 1 unspecified atom stereocenters. The number of hydrogen-bond acceptors (Lipinski definition) is 3. The smallest absolute Gasteiger partial charge is 0.255 e. The number of allylic oxidation sites excluding steroid dienone is 2. The number of carbonyl (C=O) groups is 1. The van der Waals surface area contributed by atoms with E-state index in [0.717, 1.165) is 37.4 Å². The molecule has 1 aromatic rings. The summed E-state index contributed by atoms with van der Waals surface area (Å²) in [6.45, 7) is 1.81. The van der Waals surface area contributed by atoms with Crippen molar-refractivity contribution in [1.29, 1.82) is 0 Å². The molecule has 26 heavy (non-hydrogen) atoms. The van der Waals surface area contributed by atoms with E-state index >= 15 is 0 Å². The molecule has 140 valence electrons. The van der Waals surface area contributed by atoms with Gasteiger partial charge in [-0.2, -0.15) is 0 Å². The summed E-state index contributed by atoms with van der Waals surface area (Å²) in [5, 5.41) is 3.09. The zero-order chi connectivity index (χ0) is 18.0. The first kappa shape index (κ1) is 17.6. The monoisotopic (exact) mass is 354 g/mol. The van der Waals surface area contributed by atoms with Crippen LogP contribution in [0.3, 0.4) is 0 Å². The first-order chi connectivity index (χ1) is 12.7. The Labute approximate surface area is 156 Å². The third-order valence-electron chi connectivity index (χ3n) is 6.44. The Morgan fingerprint density at radius 3 is 2.77 bits per heavy atom. The molecule has 1 N–H and O–H groups in total. The molecule has 0 radical (unpaired) electrons. The van der Waals surface area contributed by atoms with Crippen molar-refractivity contribution in [3.05, 3.63) is 42.0 Å². The zero-order valence-electron chi connectivity index (χ0n) is 15.7. The van der Waals surface area contributed by atoms with Gasteiger partial charge in [0, 0.05) is 12.6 Å². The van der Waals surface area contributed by atoms with Crippen LogP contribution in [0.4, 0.5) is 0 Å². The highest BCUT2D eigenvalue weighted by Crippen LogP contribution is 2.37. The zero-order valence-corrected chi connectivity index (χ0v) is 15.7. The highest BCUT2D eigenvalue weighted by atomic mass is 16.5. The normalized spacial score (nSPS) is 31.2. The van der Waals surface area contributed by atoms with E-state index in [0.29, 0.717) is 18.2 Å². The second kappa shape index (κ2) is 7.43. The van der Waals surface area contributed by atoms with Crippen LogP contribution in [0.2, 0.25) is 0 Å². The van der Waals surface area contributed by atoms with Crippen molar-refractivity contribution in [3.63, 3.8) is 0 Å². The topological polar surface area (TPSA) is 41.6 Å². The van der Waals surface area contributed by atoms with Crippen LogP contribution < -0.4 is 10.1 Å². The fraction of sp³-hybridized carbons (Fsp3) is 0.591. The minimum atomic E-state index is -0.243. The number of nitrogens with zero attached hydrogens (tertiary/aromatic N) is 1. The van der Waals surface area contributed by atoms with E-state index in [9.17, 15) is 4.79 Å². The van der Waals surface area contributed by atoms with Crippen molar-refractivity contribution in [2.24, 2.45) is 5.92 Å². The fourth-order valence-electron chi connectivity index (χ4n) is 4.78. The molecule has 1 saturated carbocycles. The molecule has 1 aromatic carbocycles. The van der Waals surface area contributed by atoms with Gasteiger partial charge in [-0.1, -0.05) is 24.3 Å². The number of benzene rings is 1. The summed E-state index contributed by atoms with van der Waals surface area (Å²) < 4.78 is 6.42. The molecular weight excluding hydrogens is 324 g/mol. The second-order valence-electron chi connectivity index (χ2n) is 8.29. The molecule has 0 bridgehead atoms. The Morgan fingerprint density at radius 1 is 1.19 bits per heavy atom. The van der Waals surface area contributed by atoms with Gasteiger partial charge in [-0.25, -0.2) is 0 Å². The van der Waals surface area contributed by atoms with Gasteiger partial charge in [0.15, 0.2) is 0 Å². The van der Waals surface area contributed by atoms with E-state index in [1.165, 1.54) is 25.8 Å². The summed E-state index contributed by atoms with van der Waals surface area (Å²) in [4.78, 5) is 14.9.